The second-order valence-electron chi connectivity index (χ2n) is 10.1. The van der Waals surface area contributed by atoms with Gasteiger partial charge in [0.1, 0.15) is 11.3 Å². The molecule has 1 aliphatic heterocycles. The molecule has 3 aliphatic rings. The number of carbonyl (C=O) groups excluding carboxylic acids is 2. The fourth-order valence-corrected chi connectivity index (χ4v) is 5.52. The number of hydrogen-bond donors (Lipinski definition) is 1. The van der Waals surface area contributed by atoms with Gasteiger partial charge in [0, 0.05) is 12.6 Å². The highest BCUT2D eigenvalue weighted by molar-refractivity contribution is 6.07. The Hall–Kier alpha value is -2.08. The van der Waals surface area contributed by atoms with Crippen molar-refractivity contribution < 1.29 is 14.3 Å². The van der Waals surface area contributed by atoms with Gasteiger partial charge in [-0.3, -0.25) is 9.69 Å². The lowest BCUT2D eigenvalue weighted by Gasteiger charge is -2.44. The van der Waals surface area contributed by atoms with E-state index in [2.05, 4.69) is 31.0 Å². The maximum atomic E-state index is 13.4. The first-order chi connectivity index (χ1) is 13.7. The molecule has 6 nitrogen and oxygen atoms in total. The van der Waals surface area contributed by atoms with Gasteiger partial charge in [0.2, 0.25) is 0 Å². The minimum atomic E-state index is -0.729. The second kappa shape index (κ2) is 7.31. The molecule has 2 aliphatic carbocycles. The zero-order valence-electron chi connectivity index (χ0n) is 18.0. The van der Waals surface area contributed by atoms with E-state index in [1.807, 2.05) is 24.3 Å². The van der Waals surface area contributed by atoms with E-state index < -0.39 is 5.54 Å². The lowest BCUT2D eigenvalue weighted by Crippen LogP contribution is -2.54. The summed E-state index contributed by atoms with van der Waals surface area (Å²) in [6, 6.07) is 8.21. The predicted octanol–water partition coefficient (Wildman–Crippen LogP) is 3.75. The average Bonchev–Trinajstić information content (AvgIpc) is 3.45. The van der Waals surface area contributed by atoms with Crippen LogP contribution in [-0.4, -0.2) is 47.1 Å². The van der Waals surface area contributed by atoms with Crippen molar-refractivity contribution >= 4 is 11.9 Å². The lowest BCUT2D eigenvalue weighted by molar-refractivity contribution is -0.136. The van der Waals surface area contributed by atoms with Crippen LogP contribution >= 0.6 is 0 Å². The molecule has 4 rings (SSSR count). The SMILES string of the molecule is COc1ccc(CN(CN2C(=O)NC3(CC(C)CC(C)(C)C3)C2=O)C2CC2)cc1. The van der Waals surface area contributed by atoms with E-state index in [1.54, 1.807) is 7.11 Å². The molecule has 29 heavy (non-hydrogen) atoms. The Morgan fingerprint density at radius 2 is 1.86 bits per heavy atom. The van der Waals surface area contributed by atoms with E-state index in [4.69, 9.17) is 4.74 Å². The molecule has 2 unspecified atom stereocenters. The molecule has 0 radical (unpaired) electrons. The van der Waals surface area contributed by atoms with Crippen LogP contribution < -0.4 is 10.1 Å². The van der Waals surface area contributed by atoms with Gasteiger partial charge in [-0.2, -0.15) is 0 Å². The van der Waals surface area contributed by atoms with Crippen LogP contribution in [-0.2, 0) is 11.3 Å². The minimum absolute atomic E-state index is 0.0393. The quantitative estimate of drug-likeness (QED) is 0.740. The number of rotatable bonds is 6. The number of methoxy groups -OCH3 is 1. The summed E-state index contributed by atoms with van der Waals surface area (Å²) in [5, 5.41) is 3.09. The summed E-state index contributed by atoms with van der Waals surface area (Å²) < 4.78 is 5.24. The van der Waals surface area contributed by atoms with Gasteiger partial charge in [-0.05, 0) is 61.1 Å². The number of carbonyl (C=O) groups is 2. The number of nitrogens with one attached hydrogen (secondary N) is 1. The van der Waals surface area contributed by atoms with Crippen molar-refractivity contribution in [2.75, 3.05) is 13.8 Å². The van der Waals surface area contributed by atoms with Gasteiger partial charge >= 0.3 is 6.03 Å². The summed E-state index contributed by atoms with van der Waals surface area (Å²) in [6.07, 6.45) is 4.78. The summed E-state index contributed by atoms with van der Waals surface area (Å²) in [7, 11) is 1.66. The fraction of sp³-hybridized carbons (Fsp3) is 0.652. The first kappa shape index (κ1) is 20.2. The summed E-state index contributed by atoms with van der Waals surface area (Å²) in [4.78, 5) is 30.0. The van der Waals surface area contributed by atoms with Crippen molar-refractivity contribution in [3.8, 4) is 5.75 Å². The van der Waals surface area contributed by atoms with Gasteiger partial charge in [0.15, 0.2) is 0 Å². The topological polar surface area (TPSA) is 61.9 Å². The Morgan fingerprint density at radius 3 is 2.45 bits per heavy atom. The van der Waals surface area contributed by atoms with Gasteiger partial charge < -0.3 is 10.1 Å². The highest BCUT2D eigenvalue weighted by Gasteiger charge is 2.56. The monoisotopic (exact) mass is 399 g/mol. The Balaban J connectivity index is 1.49. The smallest absolute Gasteiger partial charge is 0.326 e. The summed E-state index contributed by atoms with van der Waals surface area (Å²) in [5.41, 5.74) is 0.482. The first-order valence-electron chi connectivity index (χ1n) is 10.7. The number of amides is 3. The highest BCUT2D eigenvalue weighted by atomic mass is 16.5. The van der Waals surface area contributed by atoms with Crippen molar-refractivity contribution in [3.63, 3.8) is 0 Å². The van der Waals surface area contributed by atoms with Crippen molar-refractivity contribution in [1.82, 2.24) is 15.1 Å². The summed E-state index contributed by atoms with van der Waals surface area (Å²) in [6.45, 7) is 7.67. The number of urea groups is 1. The number of benzene rings is 1. The summed E-state index contributed by atoms with van der Waals surface area (Å²) in [5.74, 6) is 1.21. The molecule has 1 aromatic rings. The molecular weight excluding hydrogens is 366 g/mol. The van der Waals surface area contributed by atoms with Crippen LogP contribution in [0.1, 0.15) is 58.4 Å². The normalized spacial score (nSPS) is 28.9. The van der Waals surface area contributed by atoms with E-state index in [9.17, 15) is 9.59 Å². The molecule has 1 spiro atoms. The maximum Gasteiger partial charge on any atom is 0.326 e. The second-order valence-corrected chi connectivity index (χ2v) is 10.1. The maximum absolute atomic E-state index is 13.4. The molecule has 0 aromatic heterocycles. The Kier molecular flexibility index (Phi) is 5.09. The van der Waals surface area contributed by atoms with Crippen LogP contribution in [0.4, 0.5) is 4.79 Å². The molecule has 3 fully saturated rings. The molecule has 3 amide bonds. The zero-order valence-corrected chi connectivity index (χ0v) is 18.0. The molecule has 1 saturated heterocycles. The largest absolute Gasteiger partial charge is 0.497 e. The third kappa shape index (κ3) is 4.13. The number of hydrogen-bond acceptors (Lipinski definition) is 4. The Labute approximate surface area is 173 Å². The van der Waals surface area contributed by atoms with E-state index in [0.29, 0.717) is 25.0 Å². The standard InChI is InChI=1S/C23H33N3O3/c1-16-11-22(2,3)14-23(12-16)20(27)26(21(28)24-23)15-25(18-7-8-18)13-17-5-9-19(29-4)10-6-17/h5-6,9-10,16,18H,7-8,11-15H2,1-4H3,(H,24,28). The van der Waals surface area contributed by atoms with E-state index in [-0.39, 0.29) is 17.4 Å². The third-order valence-electron chi connectivity index (χ3n) is 6.56. The van der Waals surface area contributed by atoms with Crippen LogP contribution in [0, 0.1) is 11.3 Å². The van der Waals surface area contributed by atoms with Crippen LogP contribution in [0.15, 0.2) is 24.3 Å². The van der Waals surface area contributed by atoms with Crippen LogP contribution in [0.2, 0.25) is 0 Å². The summed E-state index contributed by atoms with van der Waals surface area (Å²) >= 11 is 0. The van der Waals surface area contributed by atoms with Crippen molar-refractivity contribution in [3.05, 3.63) is 29.8 Å². The molecule has 0 bridgehead atoms. The lowest BCUT2D eigenvalue weighted by atomic mass is 9.64. The van der Waals surface area contributed by atoms with E-state index in [0.717, 1.165) is 43.5 Å². The van der Waals surface area contributed by atoms with Gasteiger partial charge in [-0.25, -0.2) is 9.69 Å². The number of ether oxygens (including phenoxy) is 1. The van der Waals surface area contributed by atoms with Gasteiger partial charge in [0.05, 0.1) is 13.8 Å². The van der Waals surface area contributed by atoms with Crippen molar-refractivity contribution in [2.45, 2.75) is 71.0 Å². The highest BCUT2D eigenvalue weighted by Crippen LogP contribution is 2.46. The molecule has 1 N–H and O–H groups in total. The predicted molar refractivity (Wildman–Crippen MR) is 111 cm³/mol. The van der Waals surface area contributed by atoms with Gasteiger partial charge in [-0.15, -0.1) is 0 Å². The van der Waals surface area contributed by atoms with Gasteiger partial charge in [0.25, 0.3) is 5.91 Å². The molecule has 2 saturated carbocycles. The minimum Gasteiger partial charge on any atom is -0.497 e. The fourth-order valence-electron chi connectivity index (χ4n) is 5.52. The van der Waals surface area contributed by atoms with Crippen LogP contribution in [0.3, 0.4) is 0 Å². The zero-order chi connectivity index (χ0) is 20.8. The van der Waals surface area contributed by atoms with Crippen molar-refractivity contribution in [2.24, 2.45) is 11.3 Å². The Morgan fingerprint density at radius 1 is 1.17 bits per heavy atom. The third-order valence-corrected chi connectivity index (χ3v) is 6.56. The van der Waals surface area contributed by atoms with E-state index >= 15 is 0 Å². The molecule has 1 aromatic carbocycles. The number of nitrogens with zero attached hydrogens (tertiary/aromatic N) is 2. The molecule has 6 heteroatoms. The average molecular weight is 400 g/mol. The Bertz CT molecular complexity index is 787. The molecule has 1 heterocycles. The molecular formula is C23H33N3O3. The van der Waals surface area contributed by atoms with Crippen LogP contribution in [0.25, 0.3) is 0 Å². The van der Waals surface area contributed by atoms with Crippen LogP contribution in [0.5, 0.6) is 5.75 Å². The number of imide groups is 1. The van der Waals surface area contributed by atoms with Crippen molar-refractivity contribution in [1.29, 1.82) is 0 Å². The first-order valence-corrected chi connectivity index (χ1v) is 10.7. The van der Waals surface area contributed by atoms with Gasteiger partial charge in [-0.1, -0.05) is 32.9 Å². The molecule has 158 valence electrons. The molecule has 2 atom stereocenters. The van der Waals surface area contributed by atoms with E-state index in [1.165, 1.54) is 4.90 Å².